The lowest BCUT2D eigenvalue weighted by molar-refractivity contribution is -0.140. The van der Waals surface area contributed by atoms with E-state index in [1.807, 2.05) is 31.2 Å². The quantitative estimate of drug-likeness (QED) is 0.261. The van der Waals surface area contributed by atoms with E-state index in [0.29, 0.717) is 37.0 Å². The van der Waals surface area contributed by atoms with Crippen molar-refractivity contribution in [1.29, 1.82) is 0 Å². The van der Waals surface area contributed by atoms with Gasteiger partial charge in [-0.15, -0.1) is 35.3 Å². The molecule has 0 saturated heterocycles. The van der Waals surface area contributed by atoms with Gasteiger partial charge in [0.05, 0.1) is 5.01 Å². The number of hydrogen-bond acceptors (Lipinski definition) is 4. The maximum Gasteiger partial charge on any atom is 0.434 e. The maximum absolute atomic E-state index is 12.6. The number of guanidine groups is 1. The summed E-state index contributed by atoms with van der Waals surface area (Å²) in [5.74, 6) is 0.494. The van der Waals surface area contributed by atoms with Gasteiger partial charge in [0.15, 0.2) is 11.7 Å². The molecule has 2 aromatic rings. The molecule has 6 nitrogen and oxygen atoms in total. The maximum atomic E-state index is 12.6. The molecule has 1 aromatic heterocycles. The normalized spacial score (nSPS) is 11.6. The molecule has 1 amide bonds. The van der Waals surface area contributed by atoms with Gasteiger partial charge in [-0.1, -0.05) is 12.1 Å². The Morgan fingerprint density at radius 2 is 1.87 bits per heavy atom. The van der Waals surface area contributed by atoms with Gasteiger partial charge in [-0.25, -0.2) is 4.98 Å². The molecule has 0 saturated carbocycles. The Morgan fingerprint density at radius 3 is 2.43 bits per heavy atom. The van der Waals surface area contributed by atoms with E-state index in [0.717, 1.165) is 34.4 Å². The van der Waals surface area contributed by atoms with Crippen LogP contribution < -0.4 is 16.0 Å². The Labute approximate surface area is 194 Å². The van der Waals surface area contributed by atoms with E-state index in [4.69, 9.17) is 0 Å². The highest BCUT2D eigenvalue weighted by atomic mass is 127. The van der Waals surface area contributed by atoms with Crippen LogP contribution in [0.25, 0.3) is 0 Å². The molecular weight excluding hydrogens is 530 g/mol. The highest BCUT2D eigenvalue weighted by Crippen LogP contribution is 2.30. The first-order valence-electron chi connectivity index (χ1n) is 9.18. The van der Waals surface area contributed by atoms with Crippen molar-refractivity contribution in [2.45, 2.75) is 32.9 Å². The molecule has 1 heterocycles. The summed E-state index contributed by atoms with van der Waals surface area (Å²) in [7, 11) is 0. The van der Waals surface area contributed by atoms with Crippen LogP contribution in [0.15, 0.2) is 34.6 Å². The predicted molar refractivity (Wildman–Crippen MR) is 125 cm³/mol. The summed E-state index contributed by atoms with van der Waals surface area (Å²) in [6.45, 7) is 5.05. The monoisotopic (exact) mass is 555 g/mol. The van der Waals surface area contributed by atoms with Gasteiger partial charge in [-0.2, -0.15) is 13.2 Å². The summed E-state index contributed by atoms with van der Waals surface area (Å²) in [4.78, 5) is 19.0. The molecule has 0 atom stereocenters. The highest BCUT2D eigenvalue weighted by molar-refractivity contribution is 14.0. The Balaban J connectivity index is 0.00000450. The van der Waals surface area contributed by atoms with Crippen molar-refractivity contribution < 1.29 is 18.0 Å². The van der Waals surface area contributed by atoms with Crippen LogP contribution in [-0.2, 0) is 23.8 Å². The van der Waals surface area contributed by atoms with Crippen LogP contribution in [0.1, 0.15) is 30.1 Å². The lowest BCUT2D eigenvalue weighted by atomic mass is 10.1. The second-order valence-electron chi connectivity index (χ2n) is 6.19. The van der Waals surface area contributed by atoms with E-state index in [-0.39, 0.29) is 29.9 Å². The smallest absolute Gasteiger partial charge is 0.357 e. The number of alkyl halides is 3. The molecule has 3 N–H and O–H groups in total. The molecule has 0 aliphatic carbocycles. The van der Waals surface area contributed by atoms with E-state index >= 15 is 0 Å². The SMILES string of the molecule is CCNC(=NCCc1nc(C(F)(F)F)cs1)NCCc1ccc(NC(C)=O)cc1.I. The molecule has 30 heavy (non-hydrogen) atoms. The minimum Gasteiger partial charge on any atom is -0.357 e. The van der Waals surface area contributed by atoms with Crippen molar-refractivity contribution in [2.24, 2.45) is 4.99 Å². The second-order valence-corrected chi connectivity index (χ2v) is 7.13. The van der Waals surface area contributed by atoms with Crippen molar-refractivity contribution in [2.75, 3.05) is 25.0 Å². The fraction of sp³-hybridized carbons (Fsp3) is 0.421. The fourth-order valence-electron chi connectivity index (χ4n) is 2.44. The molecule has 2 rings (SSSR count). The summed E-state index contributed by atoms with van der Waals surface area (Å²) in [6.07, 6.45) is -3.30. The molecule has 0 bridgehead atoms. The third-order valence-corrected chi connectivity index (χ3v) is 4.67. The summed E-state index contributed by atoms with van der Waals surface area (Å²) in [5.41, 5.74) is 1.00. The van der Waals surface area contributed by atoms with Crippen LogP contribution in [0.4, 0.5) is 18.9 Å². The van der Waals surface area contributed by atoms with Gasteiger partial charge in [0.2, 0.25) is 5.91 Å². The minimum atomic E-state index is -4.41. The summed E-state index contributed by atoms with van der Waals surface area (Å²) < 4.78 is 37.8. The first-order chi connectivity index (χ1) is 13.8. The van der Waals surface area contributed by atoms with E-state index in [9.17, 15) is 18.0 Å². The Kier molecular flexibility index (Phi) is 11.1. The van der Waals surface area contributed by atoms with Crippen molar-refractivity contribution in [3.8, 4) is 0 Å². The lowest BCUT2D eigenvalue weighted by Crippen LogP contribution is -2.38. The number of aromatic nitrogens is 1. The molecule has 0 aliphatic rings. The van der Waals surface area contributed by atoms with Gasteiger partial charge < -0.3 is 16.0 Å². The van der Waals surface area contributed by atoms with Crippen LogP contribution in [0.3, 0.4) is 0 Å². The number of aliphatic imine (C=N–C) groups is 1. The number of amides is 1. The van der Waals surface area contributed by atoms with E-state index < -0.39 is 11.9 Å². The van der Waals surface area contributed by atoms with E-state index in [1.165, 1.54) is 6.92 Å². The standard InChI is InChI=1S/C19H24F3N5OS.HI/c1-3-23-18(25-11-9-17-27-16(12-29-17)19(20,21)22)24-10-8-14-4-6-15(7-5-14)26-13(2)28;/h4-7,12H,3,8-11H2,1-2H3,(H,26,28)(H2,23,24,25);1H. The van der Waals surface area contributed by atoms with Gasteiger partial charge in [-0.3, -0.25) is 9.79 Å². The van der Waals surface area contributed by atoms with Gasteiger partial charge in [0.25, 0.3) is 0 Å². The third-order valence-electron chi connectivity index (χ3n) is 3.76. The van der Waals surface area contributed by atoms with Crippen LogP contribution in [0.5, 0.6) is 0 Å². The number of nitrogens with one attached hydrogen (secondary N) is 3. The molecule has 0 spiro atoms. The third kappa shape index (κ3) is 9.28. The number of hydrogen-bond donors (Lipinski definition) is 3. The number of thiazole rings is 1. The average Bonchev–Trinajstić information content (AvgIpc) is 3.12. The van der Waals surface area contributed by atoms with Crippen molar-refractivity contribution in [3.05, 3.63) is 45.9 Å². The molecule has 1 aromatic carbocycles. The average molecular weight is 555 g/mol. The van der Waals surface area contributed by atoms with Crippen LogP contribution in [0.2, 0.25) is 0 Å². The first kappa shape index (κ1) is 26.1. The highest BCUT2D eigenvalue weighted by Gasteiger charge is 2.33. The van der Waals surface area contributed by atoms with Crippen LogP contribution in [0, 0.1) is 0 Å². The van der Waals surface area contributed by atoms with Crippen molar-refractivity contribution >= 4 is 52.9 Å². The number of anilines is 1. The number of nitrogens with zero attached hydrogens (tertiary/aromatic N) is 2. The zero-order chi connectivity index (χ0) is 21.3. The number of carbonyl (C=O) groups is 1. The fourth-order valence-corrected chi connectivity index (χ4v) is 3.24. The number of rotatable bonds is 8. The summed E-state index contributed by atoms with van der Waals surface area (Å²) >= 11 is 0.994. The number of benzene rings is 1. The van der Waals surface area contributed by atoms with E-state index in [2.05, 4.69) is 25.9 Å². The second kappa shape index (κ2) is 12.7. The molecular formula is C19H25F3IN5OS. The molecule has 11 heteroatoms. The largest absolute Gasteiger partial charge is 0.434 e. The summed E-state index contributed by atoms with van der Waals surface area (Å²) in [5, 5.41) is 10.5. The predicted octanol–water partition coefficient (Wildman–Crippen LogP) is 4.08. The molecule has 0 radical (unpaired) electrons. The van der Waals surface area contributed by atoms with Crippen LogP contribution >= 0.6 is 35.3 Å². The zero-order valence-corrected chi connectivity index (χ0v) is 19.8. The van der Waals surface area contributed by atoms with E-state index in [1.54, 1.807) is 0 Å². The topological polar surface area (TPSA) is 78.4 Å². The molecule has 0 aliphatic heterocycles. The Bertz CT molecular complexity index is 824. The van der Waals surface area contributed by atoms with Gasteiger partial charge >= 0.3 is 6.18 Å². The van der Waals surface area contributed by atoms with Gasteiger partial charge in [0.1, 0.15) is 0 Å². The minimum absolute atomic E-state index is 0. The summed E-state index contributed by atoms with van der Waals surface area (Å²) in [6, 6.07) is 7.58. The Hall–Kier alpha value is -1.89. The van der Waals surface area contributed by atoms with Gasteiger partial charge in [0, 0.05) is 44.0 Å². The molecule has 166 valence electrons. The number of carbonyl (C=O) groups excluding carboxylic acids is 1. The molecule has 0 fully saturated rings. The zero-order valence-electron chi connectivity index (χ0n) is 16.7. The van der Waals surface area contributed by atoms with Crippen LogP contribution in [-0.4, -0.2) is 36.5 Å². The number of halogens is 4. The van der Waals surface area contributed by atoms with Crippen molar-refractivity contribution in [1.82, 2.24) is 15.6 Å². The van der Waals surface area contributed by atoms with Gasteiger partial charge in [-0.05, 0) is 31.0 Å². The van der Waals surface area contributed by atoms with Crippen molar-refractivity contribution in [3.63, 3.8) is 0 Å². The lowest BCUT2D eigenvalue weighted by Gasteiger charge is -2.11. The Morgan fingerprint density at radius 1 is 1.17 bits per heavy atom. The first-order valence-corrected chi connectivity index (χ1v) is 10.1. The molecule has 0 unspecified atom stereocenters.